The molecule has 0 saturated heterocycles. The SMILES string of the molecule is C=CC.CCC.CCC.CCNS(=O)(=O)c1ccc(CBr)cc1. The van der Waals surface area contributed by atoms with Gasteiger partial charge in [-0.1, -0.05) is 81.6 Å². The fourth-order valence-corrected chi connectivity index (χ4v) is 2.45. The molecule has 0 unspecified atom stereocenters. The average Bonchev–Trinajstić information content (AvgIpc) is 2.50. The Labute approximate surface area is 152 Å². The molecule has 0 radical (unpaired) electrons. The smallest absolute Gasteiger partial charge is 0.211 e. The van der Waals surface area contributed by atoms with Crippen LogP contribution in [0.25, 0.3) is 0 Å². The van der Waals surface area contributed by atoms with E-state index in [2.05, 4.69) is 54.9 Å². The van der Waals surface area contributed by atoms with E-state index in [9.17, 15) is 8.42 Å². The van der Waals surface area contributed by atoms with Gasteiger partial charge in [0.15, 0.2) is 0 Å². The van der Waals surface area contributed by atoms with Gasteiger partial charge in [-0.05, 0) is 24.6 Å². The van der Waals surface area contributed by atoms with E-state index in [-0.39, 0.29) is 0 Å². The Morgan fingerprint density at radius 1 is 1.04 bits per heavy atom. The van der Waals surface area contributed by atoms with E-state index >= 15 is 0 Å². The Morgan fingerprint density at radius 3 is 1.65 bits per heavy atom. The molecule has 23 heavy (non-hydrogen) atoms. The zero-order valence-corrected chi connectivity index (χ0v) is 17.9. The van der Waals surface area contributed by atoms with Crippen LogP contribution in [0.15, 0.2) is 41.8 Å². The van der Waals surface area contributed by atoms with Gasteiger partial charge in [-0.2, -0.15) is 0 Å². The maximum Gasteiger partial charge on any atom is 0.240 e. The lowest BCUT2D eigenvalue weighted by Crippen LogP contribution is -2.22. The molecule has 0 aromatic heterocycles. The predicted octanol–water partition coefficient (Wildman–Crippen LogP) is 5.90. The quantitative estimate of drug-likeness (QED) is 0.498. The number of hydrogen-bond donors (Lipinski definition) is 1. The highest BCUT2D eigenvalue weighted by molar-refractivity contribution is 9.08. The number of sulfonamides is 1. The van der Waals surface area contributed by atoms with Crippen molar-refractivity contribution in [1.29, 1.82) is 0 Å². The van der Waals surface area contributed by atoms with Crippen LogP contribution in [0.4, 0.5) is 0 Å². The monoisotopic (exact) mass is 407 g/mol. The summed E-state index contributed by atoms with van der Waals surface area (Å²) in [5.41, 5.74) is 1.06. The normalized spacial score (nSPS) is 9.17. The molecule has 3 nitrogen and oxygen atoms in total. The van der Waals surface area contributed by atoms with Crippen molar-refractivity contribution in [3.8, 4) is 0 Å². The van der Waals surface area contributed by atoms with Crippen molar-refractivity contribution in [3.63, 3.8) is 0 Å². The first-order valence-corrected chi connectivity index (χ1v) is 10.7. The highest BCUT2D eigenvalue weighted by Gasteiger charge is 2.11. The Bertz CT molecular complexity index is 454. The van der Waals surface area contributed by atoms with Gasteiger partial charge >= 0.3 is 0 Å². The highest BCUT2D eigenvalue weighted by Crippen LogP contribution is 2.12. The van der Waals surface area contributed by atoms with Crippen molar-refractivity contribution in [1.82, 2.24) is 4.72 Å². The summed E-state index contributed by atoms with van der Waals surface area (Å²) in [6.07, 6.45) is 4.25. The zero-order valence-electron chi connectivity index (χ0n) is 15.5. The van der Waals surface area contributed by atoms with Gasteiger partial charge in [0.25, 0.3) is 0 Å². The summed E-state index contributed by atoms with van der Waals surface area (Å²) >= 11 is 3.30. The third kappa shape index (κ3) is 17.5. The Kier molecular flexibility index (Phi) is 22.9. The fraction of sp³-hybridized carbons (Fsp3) is 0.556. The molecule has 1 aromatic rings. The lowest BCUT2D eigenvalue weighted by Gasteiger charge is -2.04. The summed E-state index contributed by atoms with van der Waals surface area (Å²) in [5, 5.41) is 0.731. The van der Waals surface area contributed by atoms with E-state index in [1.165, 1.54) is 12.8 Å². The molecule has 0 saturated carbocycles. The Balaban J connectivity index is -0.000000371. The molecule has 0 atom stereocenters. The molecular weight excluding hydrogens is 374 g/mol. The highest BCUT2D eigenvalue weighted by atomic mass is 79.9. The van der Waals surface area contributed by atoms with Crippen LogP contribution < -0.4 is 4.72 Å². The molecular formula is C18H34BrNO2S. The molecule has 1 aromatic carbocycles. The topological polar surface area (TPSA) is 46.2 Å². The molecule has 0 aliphatic heterocycles. The maximum absolute atomic E-state index is 11.5. The van der Waals surface area contributed by atoms with E-state index in [1.807, 2.05) is 6.92 Å². The molecule has 0 aliphatic rings. The van der Waals surface area contributed by atoms with E-state index in [0.29, 0.717) is 11.4 Å². The first kappa shape index (κ1) is 27.2. The van der Waals surface area contributed by atoms with E-state index in [4.69, 9.17) is 0 Å². The van der Waals surface area contributed by atoms with Gasteiger partial charge in [0, 0.05) is 11.9 Å². The fourth-order valence-electron chi connectivity index (χ4n) is 1.03. The van der Waals surface area contributed by atoms with E-state index < -0.39 is 10.0 Å². The van der Waals surface area contributed by atoms with Gasteiger partial charge in [0.2, 0.25) is 10.0 Å². The average molecular weight is 408 g/mol. The zero-order chi connectivity index (χ0) is 18.7. The van der Waals surface area contributed by atoms with Crippen molar-refractivity contribution >= 4 is 26.0 Å². The molecule has 136 valence electrons. The number of nitrogens with one attached hydrogen (secondary N) is 1. The lowest BCUT2D eigenvalue weighted by molar-refractivity contribution is 0.584. The first-order valence-electron chi connectivity index (χ1n) is 8.06. The van der Waals surface area contributed by atoms with Crippen LogP contribution in [0.2, 0.25) is 0 Å². The van der Waals surface area contributed by atoms with Crippen molar-refractivity contribution in [2.24, 2.45) is 0 Å². The lowest BCUT2D eigenvalue weighted by atomic mass is 10.2. The number of rotatable bonds is 4. The number of hydrogen-bond acceptors (Lipinski definition) is 2. The largest absolute Gasteiger partial charge is 0.240 e. The standard InChI is InChI=1S/C9H12BrNO2S.2C3H8.C3H6/c1-2-11-14(12,13)9-5-3-8(7-10)4-6-9;3*1-3-2/h3-6,11H,2,7H2,1H3;2*3H2,1-2H3;3H,1H2,2H3. The van der Waals surface area contributed by atoms with Crippen molar-refractivity contribution < 1.29 is 8.42 Å². The Hall–Kier alpha value is -0.650. The van der Waals surface area contributed by atoms with Gasteiger partial charge in [-0.25, -0.2) is 13.1 Å². The summed E-state index contributed by atoms with van der Waals surface area (Å²) in [7, 11) is -3.30. The van der Waals surface area contributed by atoms with Gasteiger partial charge in [0.1, 0.15) is 0 Å². The summed E-state index contributed by atoms with van der Waals surface area (Å²) < 4.78 is 25.5. The molecule has 0 aliphatic carbocycles. The first-order chi connectivity index (χ1) is 10.8. The van der Waals surface area contributed by atoms with Crippen LogP contribution >= 0.6 is 15.9 Å². The predicted molar refractivity (Wildman–Crippen MR) is 108 cm³/mol. The molecule has 0 spiro atoms. The number of allylic oxidation sites excluding steroid dienone is 1. The van der Waals surface area contributed by atoms with Crippen LogP contribution in [-0.2, 0) is 15.4 Å². The van der Waals surface area contributed by atoms with E-state index in [0.717, 1.165) is 10.9 Å². The van der Waals surface area contributed by atoms with Crippen molar-refractivity contribution in [2.45, 2.75) is 64.6 Å². The molecule has 0 fully saturated rings. The summed E-state index contributed by atoms with van der Waals surface area (Å²) in [6, 6.07) is 6.79. The van der Waals surface area contributed by atoms with Crippen LogP contribution in [0.1, 0.15) is 59.9 Å². The van der Waals surface area contributed by atoms with Gasteiger partial charge < -0.3 is 0 Å². The second-order valence-electron chi connectivity index (χ2n) is 4.60. The number of halogens is 1. The minimum atomic E-state index is -3.30. The third-order valence-electron chi connectivity index (χ3n) is 1.72. The number of benzene rings is 1. The molecule has 0 bridgehead atoms. The van der Waals surface area contributed by atoms with Crippen LogP contribution in [0.3, 0.4) is 0 Å². The van der Waals surface area contributed by atoms with Gasteiger partial charge in [0.05, 0.1) is 4.90 Å². The molecule has 1 N–H and O–H groups in total. The van der Waals surface area contributed by atoms with Crippen LogP contribution in [0, 0.1) is 0 Å². The van der Waals surface area contributed by atoms with Crippen LogP contribution in [-0.4, -0.2) is 15.0 Å². The molecule has 0 amide bonds. The summed E-state index contributed by atoms with van der Waals surface area (Å²) in [6.45, 7) is 15.9. The van der Waals surface area contributed by atoms with Crippen molar-refractivity contribution in [2.75, 3.05) is 6.54 Å². The van der Waals surface area contributed by atoms with Gasteiger partial charge in [-0.15, -0.1) is 6.58 Å². The molecule has 5 heteroatoms. The Morgan fingerprint density at radius 2 is 1.39 bits per heavy atom. The minimum absolute atomic E-state index is 0.309. The minimum Gasteiger partial charge on any atom is -0.211 e. The van der Waals surface area contributed by atoms with Crippen molar-refractivity contribution in [3.05, 3.63) is 42.5 Å². The summed E-state index contributed by atoms with van der Waals surface area (Å²) in [5.74, 6) is 0. The summed E-state index contributed by atoms with van der Waals surface area (Å²) in [4.78, 5) is 0.309. The third-order valence-corrected chi connectivity index (χ3v) is 3.93. The molecule has 0 heterocycles. The van der Waals surface area contributed by atoms with Crippen LogP contribution in [0.5, 0.6) is 0 Å². The van der Waals surface area contributed by atoms with Gasteiger partial charge in [-0.3, -0.25) is 0 Å². The maximum atomic E-state index is 11.5. The second-order valence-corrected chi connectivity index (χ2v) is 6.93. The van der Waals surface area contributed by atoms with E-state index in [1.54, 1.807) is 37.3 Å². The molecule has 1 rings (SSSR count). The number of alkyl halides is 1. The second kappa shape index (κ2) is 19.4.